The van der Waals surface area contributed by atoms with Crippen LogP contribution < -0.4 is 4.72 Å². The molecule has 4 heteroatoms. The van der Waals surface area contributed by atoms with Crippen LogP contribution in [0.1, 0.15) is 11.1 Å². The van der Waals surface area contributed by atoms with Crippen molar-refractivity contribution >= 4 is 26.5 Å². The van der Waals surface area contributed by atoms with Crippen molar-refractivity contribution in [2.24, 2.45) is 0 Å². The number of hydrogen-bond acceptors (Lipinski definition) is 2. The first-order chi connectivity index (χ1) is 10.5. The van der Waals surface area contributed by atoms with Gasteiger partial charge in [0.1, 0.15) is 0 Å². The van der Waals surface area contributed by atoms with E-state index in [4.69, 9.17) is 0 Å². The molecule has 3 aromatic carbocycles. The minimum absolute atomic E-state index is 0.266. The first kappa shape index (κ1) is 14.6. The van der Waals surface area contributed by atoms with Gasteiger partial charge in [0, 0.05) is 5.39 Å². The molecule has 0 saturated heterocycles. The van der Waals surface area contributed by atoms with Gasteiger partial charge < -0.3 is 0 Å². The highest BCUT2D eigenvalue weighted by molar-refractivity contribution is 7.92. The van der Waals surface area contributed by atoms with E-state index in [-0.39, 0.29) is 4.90 Å². The van der Waals surface area contributed by atoms with E-state index in [1.165, 1.54) is 0 Å². The van der Waals surface area contributed by atoms with Crippen LogP contribution in [0.4, 0.5) is 5.69 Å². The molecule has 0 aliphatic heterocycles. The summed E-state index contributed by atoms with van der Waals surface area (Å²) in [5, 5.41) is 1.91. The van der Waals surface area contributed by atoms with Crippen LogP contribution in [0.25, 0.3) is 10.8 Å². The molecule has 0 spiro atoms. The summed E-state index contributed by atoms with van der Waals surface area (Å²) in [5.41, 5.74) is 2.72. The summed E-state index contributed by atoms with van der Waals surface area (Å²) < 4.78 is 27.8. The van der Waals surface area contributed by atoms with Crippen molar-refractivity contribution in [3.8, 4) is 0 Å². The molecule has 112 valence electrons. The van der Waals surface area contributed by atoms with E-state index >= 15 is 0 Å². The highest BCUT2D eigenvalue weighted by Crippen LogP contribution is 2.26. The Labute approximate surface area is 130 Å². The van der Waals surface area contributed by atoms with Crippen molar-refractivity contribution < 1.29 is 8.42 Å². The van der Waals surface area contributed by atoms with E-state index in [1.807, 2.05) is 44.2 Å². The van der Waals surface area contributed by atoms with Gasteiger partial charge in [-0.3, -0.25) is 4.72 Å². The molecule has 0 fully saturated rings. The van der Waals surface area contributed by atoms with E-state index in [9.17, 15) is 8.42 Å². The largest absolute Gasteiger partial charge is 0.279 e. The van der Waals surface area contributed by atoms with E-state index < -0.39 is 10.0 Å². The second kappa shape index (κ2) is 5.46. The summed E-state index contributed by atoms with van der Waals surface area (Å²) in [5.74, 6) is 0. The van der Waals surface area contributed by atoms with Gasteiger partial charge in [-0.25, -0.2) is 8.42 Å². The van der Waals surface area contributed by atoms with Crippen molar-refractivity contribution in [2.45, 2.75) is 18.7 Å². The highest BCUT2D eigenvalue weighted by Gasteiger charge is 2.15. The molecule has 0 saturated carbocycles. The molecule has 22 heavy (non-hydrogen) atoms. The normalized spacial score (nSPS) is 11.5. The summed E-state index contributed by atoms with van der Waals surface area (Å²) >= 11 is 0. The molecule has 1 N–H and O–H groups in total. The highest BCUT2D eigenvalue weighted by atomic mass is 32.2. The smallest absolute Gasteiger partial charge is 0.261 e. The average molecular weight is 311 g/mol. The Morgan fingerprint density at radius 2 is 1.50 bits per heavy atom. The number of nitrogens with one attached hydrogen (secondary N) is 1. The van der Waals surface area contributed by atoms with Gasteiger partial charge >= 0.3 is 0 Å². The lowest BCUT2D eigenvalue weighted by Crippen LogP contribution is -2.13. The molecular weight excluding hydrogens is 294 g/mol. The van der Waals surface area contributed by atoms with Crippen molar-refractivity contribution in [3.05, 3.63) is 71.8 Å². The van der Waals surface area contributed by atoms with Gasteiger partial charge in [-0.05, 0) is 43.5 Å². The van der Waals surface area contributed by atoms with Crippen molar-refractivity contribution in [2.75, 3.05) is 4.72 Å². The topological polar surface area (TPSA) is 46.2 Å². The van der Waals surface area contributed by atoms with Gasteiger partial charge in [-0.2, -0.15) is 0 Å². The van der Waals surface area contributed by atoms with Crippen LogP contribution in [0.3, 0.4) is 0 Å². The molecule has 3 aromatic rings. The molecule has 0 heterocycles. The maximum atomic E-state index is 12.5. The zero-order chi connectivity index (χ0) is 15.7. The van der Waals surface area contributed by atoms with Gasteiger partial charge in [-0.15, -0.1) is 0 Å². The Morgan fingerprint density at radius 1 is 0.818 bits per heavy atom. The average Bonchev–Trinajstić information content (AvgIpc) is 2.48. The predicted molar refractivity (Wildman–Crippen MR) is 90.7 cm³/mol. The molecule has 0 aliphatic rings. The molecule has 0 aliphatic carbocycles. The van der Waals surface area contributed by atoms with E-state index in [1.54, 1.807) is 30.3 Å². The molecular formula is C18H17NO2S. The second-order valence-corrected chi connectivity index (χ2v) is 7.13. The van der Waals surface area contributed by atoms with Gasteiger partial charge in [0.25, 0.3) is 10.0 Å². The zero-order valence-corrected chi connectivity index (χ0v) is 13.3. The van der Waals surface area contributed by atoms with Crippen LogP contribution in [-0.4, -0.2) is 8.42 Å². The number of rotatable bonds is 3. The minimum Gasteiger partial charge on any atom is -0.279 e. The van der Waals surface area contributed by atoms with Crippen LogP contribution in [-0.2, 0) is 10.0 Å². The Morgan fingerprint density at radius 3 is 2.23 bits per heavy atom. The van der Waals surface area contributed by atoms with Crippen LogP contribution in [0.15, 0.2) is 65.6 Å². The van der Waals surface area contributed by atoms with Crippen LogP contribution in [0.5, 0.6) is 0 Å². The summed E-state index contributed by atoms with van der Waals surface area (Å²) in [6.07, 6.45) is 0. The molecule has 3 rings (SSSR count). The molecule has 0 unspecified atom stereocenters. The third-order valence-corrected chi connectivity index (χ3v) is 4.99. The first-order valence-corrected chi connectivity index (χ1v) is 8.53. The minimum atomic E-state index is -3.58. The molecule has 0 radical (unpaired) electrons. The zero-order valence-electron chi connectivity index (χ0n) is 12.5. The van der Waals surface area contributed by atoms with Crippen molar-refractivity contribution in [1.82, 2.24) is 0 Å². The van der Waals surface area contributed by atoms with Gasteiger partial charge in [0.15, 0.2) is 0 Å². The molecule has 0 bridgehead atoms. The Hall–Kier alpha value is -2.33. The lowest BCUT2D eigenvalue weighted by Gasteiger charge is -2.11. The SMILES string of the molecule is Cc1ccc(S(=O)(=O)Nc2cccc3ccc(C)cc23)cc1. The predicted octanol–water partition coefficient (Wildman–Crippen LogP) is 4.26. The fraction of sp³-hybridized carbons (Fsp3) is 0.111. The third kappa shape index (κ3) is 2.83. The molecule has 0 atom stereocenters. The summed E-state index contributed by atoms with van der Waals surface area (Å²) in [7, 11) is -3.58. The maximum absolute atomic E-state index is 12.5. The monoisotopic (exact) mass is 311 g/mol. The number of sulfonamides is 1. The summed E-state index contributed by atoms with van der Waals surface area (Å²) in [6.45, 7) is 3.92. The molecule has 3 nitrogen and oxygen atoms in total. The molecule has 0 amide bonds. The maximum Gasteiger partial charge on any atom is 0.261 e. The van der Waals surface area contributed by atoms with Crippen molar-refractivity contribution in [1.29, 1.82) is 0 Å². The first-order valence-electron chi connectivity index (χ1n) is 7.04. The summed E-state index contributed by atoms with van der Waals surface area (Å²) in [4.78, 5) is 0.266. The Bertz CT molecular complexity index is 929. The standard InChI is InChI=1S/C18H17NO2S/c1-13-7-10-16(11-8-13)22(20,21)19-18-5-3-4-15-9-6-14(2)12-17(15)18/h3-12,19H,1-2H3. The fourth-order valence-corrected chi connectivity index (χ4v) is 3.48. The van der Waals surface area contributed by atoms with E-state index in [0.29, 0.717) is 5.69 Å². The second-order valence-electron chi connectivity index (χ2n) is 5.45. The van der Waals surface area contributed by atoms with Crippen molar-refractivity contribution in [3.63, 3.8) is 0 Å². The van der Waals surface area contributed by atoms with Crippen LogP contribution in [0, 0.1) is 13.8 Å². The lowest BCUT2D eigenvalue weighted by molar-refractivity contribution is 0.601. The fourth-order valence-electron chi connectivity index (χ4n) is 2.40. The molecule has 0 aromatic heterocycles. The van der Waals surface area contributed by atoms with Gasteiger partial charge in [0.2, 0.25) is 0 Å². The number of fused-ring (bicyclic) bond motifs is 1. The number of benzene rings is 3. The number of aryl methyl sites for hydroxylation is 2. The summed E-state index contributed by atoms with van der Waals surface area (Å²) in [6, 6.07) is 18.4. The third-order valence-electron chi connectivity index (χ3n) is 3.61. The number of anilines is 1. The van der Waals surface area contributed by atoms with E-state index in [0.717, 1.165) is 21.9 Å². The lowest BCUT2D eigenvalue weighted by atomic mass is 10.1. The van der Waals surface area contributed by atoms with Gasteiger partial charge in [-0.1, -0.05) is 47.5 Å². The van der Waals surface area contributed by atoms with Crippen LogP contribution in [0.2, 0.25) is 0 Å². The van der Waals surface area contributed by atoms with Crippen LogP contribution >= 0.6 is 0 Å². The van der Waals surface area contributed by atoms with Gasteiger partial charge in [0.05, 0.1) is 10.6 Å². The van der Waals surface area contributed by atoms with E-state index in [2.05, 4.69) is 4.72 Å². The number of hydrogen-bond donors (Lipinski definition) is 1. The Balaban J connectivity index is 2.06. The Kier molecular flexibility index (Phi) is 3.62. The quantitative estimate of drug-likeness (QED) is 0.785.